The predicted octanol–water partition coefficient (Wildman–Crippen LogP) is -3.69. The second-order valence-corrected chi connectivity index (χ2v) is 21.7. The van der Waals surface area contributed by atoms with Crippen LogP contribution in [-0.2, 0) is 52.7 Å². The number of ketones is 3. The molecule has 0 bridgehead atoms. The first-order valence-corrected chi connectivity index (χ1v) is 28.8. The van der Waals surface area contributed by atoms with E-state index < -0.39 is 163 Å². The van der Waals surface area contributed by atoms with Gasteiger partial charge in [-0.25, -0.2) is 0 Å². The number of rotatable bonds is 31. The van der Waals surface area contributed by atoms with E-state index in [1.165, 1.54) is 20.8 Å². The number of amides is 8. The minimum atomic E-state index is -1.68. The highest BCUT2D eigenvalue weighted by Crippen LogP contribution is 2.21. The van der Waals surface area contributed by atoms with Crippen molar-refractivity contribution in [3.05, 3.63) is 0 Å². The average Bonchev–Trinajstić information content (AvgIpc) is 3.40. The molecule has 81 heavy (non-hydrogen) atoms. The first kappa shape index (κ1) is 73.5. The van der Waals surface area contributed by atoms with E-state index in [-0.39, 0.29) is 95.8 Å². The predicted molar refractivity (Wildman–Crippen MR) is 301 cm³/mol. The zero-order valence-corrected chi connectivity index (χ0v) is 48.6. The van der Waals surface area contributed by atoms with Crippen LogP contribution in [0.4, 0.5) is 0 Å². The van der Waals surface area contributed by atoms with E-state index in [4.69, 9.17) is 28.7 Å². The van der Waals surface area contributed by atoms with Gasteiger partial charge >= 0.3 is 0 Å². The number of carbonyl (C=O) groups is 11. The summed E-state index contributed by atoms with van der Waals surface area (Å²) in [6, 6.07) is -10.8. The highest BCUT2D eigenvalue weighted by molar-refractivity contribution is 5.99. The molecule has 0 spiro atoms. The lowest BCUT2D eigenvalue weighted by molar-refractivity contribution is -0.138. The number of hydrogen-bond acceptors (Lipinski definition) is 19. The number of nitrogens with two attached hydrogens (primary N) is 5. The monoisotopic (exact) mass is 1150 g/mol. The Bertz CT molecular complexity index is 2030. The summed E-state index contributed by atoms with van der Waals surface area (Å²) < 4.78 is 0. The summed E-state index contributed by atoms with van der Waals surface area (Å²) in [5, 5.41) is 52.3. The van der Waals surface area contributed by atoms with E-state index >= 15 is 0 Å². The summed E-state index contributed by atoms with van der Waals surface area (Å²) in [4.78, 5) is 153. The molecule has 27 heteroatoms. The molecule has 1 aliphatic rings. The van der Waals surface area contributed by atoms with Gasteiger partial charge in [0.05, 0.1) is 24.4 Å². The molecule has 0 aromatic carbocycles. The summed E-state index contributed by atoms with van der Waals surface area (Å²) >= 11 is 0. The number of unbranched alkanes of at least 4 members (excludes halogenated alkanes) is 5. The SMILES string of the molecule is CCCCCCCCC(=O)C[C@@H](CCN)C(=O)N[C@H](C(=O)C[C@@H](CCN)C(=O)N[C@H]1CCNC(=O)[C@H]([C@@H](C)O)NC(=O)[C@H](CCN)NC(=O)[C@H](CCN)NC(=O)[C@H]([C@@H](C)O)NC(=O)[C@@H](CC(C)C)CC(=O)[C@H](CCN)NC1=O)[C@@H](C)O. The number of Topliss-reactive ketones (excluding diaryl/α,β-unsaturated/α-hetero) is 3. The second kappa shape index (κ2) is 39.8. The number of nitrogens with one attached hydrogen (secondary N) is 8. The minimum absolute atomic E-state index is 0.0566. The molecule has 1 aliphatic heterocycles. The number of aliphatic hydroxyl groups is 3. The molecule has 13 atom stereocenters. The summed E-state index contributed by atoms with van der Waals surface area (Å²) in [7, 11) is 0. The van der Waals surface area contributed by atoms with Crippen LogP contribution in [0.25, 0.3) is 0 Å². The number of aliphatic hydroxyl groups excluding tert-OH is 3. The largest absolute Gasteiger partial charge is 0.391 e. The van der Waals surface area contributed by atoms with Crippen molar-refractivity contribution < 1.29 is 68.1 Å². The summed E-state index contributed by atoms with van der Waals surface area (Å²) in [5.41, 5.74) is 29.2. The van der Waals surface area contributed by atoms with Crippen LogP contribution < -0.4 is 71.2 Å². The Balaban J connectivity index is 3.78. The van der Waals surface area contributed by atoms with Crippen LogP contribution in [0.15, 0.2) is 0 Å². The van der Waals surface area contributed by atoms with Gasteiger partial charge in [0.25, 0.3) is 0 Å². The highest BCUT2D eigenvalue weighted by atomic mass is 16.3. The highest BCUT2D eigenvalue weighted by Gasteiger charge is 2.38. The maximum absolute atomic E-state index is 14.4. The van der Waals surface area contributed by atoms with Crippen molar-refractivity contribution in [3.8, 4) is 0 Å². The van der Waals surface area contributed by atoms with E-state index in [0.717, 1.165) is 32.1 Å². The smallest absolute Gasteiger partial charge is 0.245 e. The molecule has 21 N–H and O–H groups in total. The van der Waals surface area contributed by atoms with Crippen LogP contribution in [-0.4, -0.2) is 180 Å². The normalized spacial score (nSPS) is 23.7. The Morgan fingerprint density at radius 2 is 1.07 bits per heavy atom. The summed E-state index contributed by atoms with van der Waals surface area (Å²) in [6.45, 7) is 8.33. The molecular formula is C54H99N13O14. The van der Waals surface area contributed by atoms with Crippen LogP contribution in [0.2, 0.25) is 0 Å². The second-order valence-electron chi connectivity index (χ2n) is 21.7. The van der Waals surface area contributed by atoms with Gasteiger partial charge in [-0.2, -0.15) is 0 Å². The van der Waals surface area contributed by atoms with Gasteiger partial charge in [-0.1, -0.05) is 52.9 Å². The minimum Gasteiger partial charge on any atom is -0.391 e. The summed E-state index contributed by atoms with van der Waals surface area (Å²) in [5.74, 6) is -12.4. The maximum Gasteiger partial charge on any atom is 0.245 e. The molecule has 0 unspecified atom stereocenters. The molecule has 0 saturated carbocycles. The maximum atomic E-state index is 14.4. The van der Waals surface area contributed by atoms with Crippen molar-refractivity contribution in [1.29, 1.82) is 0 Å². The van der Waals surface area contributed by atoms with Gasteiger partial charge in [0.1, 0.15) is 42.0 Å². The van der Waals surface area contributed by atoms with Gasteiger partial charge in [0.2, 0.25) is 47.3 Å². The lowest BCUT2D eigenvalue weighted by Gasteiger charge is -2.28. The molecule has 1 saturated heterocycles. The lowest BCUT2D eigenvalue weighted by atomic mass is 9.88. The average molecular weight is 1150 g/mol. The van der Waals surface area contributed by atoms with Crippen LogP contribution in [0.1, 0.15) is 151 Å². The third-order valence-corrected chi connectivity index (χ3v) is 14.0. The molecule has 1 rings (SSSR count). The molecule has 0 aliphatic carbocycles. The van der Waals surface area contributed by atoms with Crippen molar-refractivity contribution in [1.82, 2.24) is 42.5 Å². The summed E-state index contributed by atoms with van der Waals surface area (Å²) in [6.07, 6.45) is -0.707. The first-order chi connectivity index (χ1) is 38.3. The fraction of sp³-hybridized carbons (Fsp3) is 0.796. The molecule has 0 radical (unpaired) electrons. The Morgan fingerprint density at radius 3 is 1.60 bits per heavy atom. The van der Waals surface area contributed by atoms with Gasteiger partial charge in [0.15, 0.2) is 11.6 Å². The van der Waals surface area contributed by atoms with Gasteiger partial charge in [0, 0.05) is 50.0 Å². The molecule has 464 valence electrons. The topological polar surface area (TPSA) is 475 Å². The zero-order chi connectivity index (χ0) is 61.4. The molecular weight excluding hydrogens is 1050 g/mol. The van der Waals surface area contributed by atoms with Crippen molar-refractivity contribution in [2.24, 2.45) is 52.3 Å². The zero-order valence-electron chi connectivity index (χ0n) is 48.6. The number of carbonyl (C=O) groups excluding carboxylic acids is 11. The van der Waals surface area contributed by atoms with E-state index in [2.05, 4.69) is 49.5 Å². The molecule has 1 fully saturated rings. The van der Waals surface area contributed by atoms with Crippen molar-refractivity contribution >= 4 is 64.6 Å². The standard InChI is InChI=1S/C54H99N13O14/c1-7-8-9-10-11-12-13-37(71)27-34(14-20-55)48(75)65-44(31(4)68)43(73)28-35(15-21-56)47(74)62-41-19-25-60-53(80)45(32(5)69)67-52(79)40(18-24-59)63-50(77)39(17-23-58)64-54(81)46(33(6)70)66-49(76)36(26-30(2)3)29-42(72)38(16-22-57)61-51(41)78/h30-36,38-41,44-46,68-70H,7-29,55-59H2,1-6H3,(H,60,80)(H,61,78)(H,62,74)(H,63,77)(H,64,81)(H,65,75)(H,66,76)(H,67,79)/t31-,32-,33-,34-,35-,36+,38+,39+,40+,41+,44+,45+,46+/m1/s1. The fourth-order valence-electron chi connectivity index (χ4n) is 9.38. The Kier molecular flexibility index (Phi) is 36.1. The Hall–Kier alpha value is -5.55. The molecule has 0 aromatic heterocycles. The van der Waals surface area contributed by atoms with Crippen molar-refractivity contribution in [2.45, 2.75) is 211 Å². The molecule has 1 heterocycles. The van der Waals surface area contributed by atoms with Gasteiger partial charge in [-0.15, -0.1) is 0 Å². The van der Waals surface area contributed by atoms with Crippen LogP contribution in [0, 0.1) is 23.7 Å². The van der Waals surface area contributed by atoms with E-state index in [9.17, 15) is 68.1 Å². The quantitative estimate of drug-likeness (QED) is 0.0297. The number of hydrogen-bond donors (Lipinski definition) is 16. The van der Waals surface area contributed by atoms with E-state index in [0.29, 0.717) is 6.42 Å². The van der Waals surface area contributed by atoms with Crippen LogP contribution in [0.5, 0.6) is 0 Å². The third-order valence-electron chi connectivity index (χ3n) is 14.0. The van der Waals surface area contributed by atoms with Gasteiger partial charge in [-0.05, 0) is 111 Å². The first-order valence-electron chi connectivity index (χ1n) is 28.8. The van der Waals surface area contributed by atoms with Crippen molar-refractivity contribution in [3.63, 3.8) is 0 Å². The molecule has 0 aromatic rings. The van der Waals surface area contributed by atoms with Crippen LogP contribution >= 0.6 is 0 Å². The molecule has 27 nitrogen and oxygen atoms in total. The van der Waals surface area contributed by atoms with Gasteiger partial charge in [-0.3, -0.25) is 52.7 Å². The Morgan fingerprint density at radius 1 is 0.580 bits per heavy atom. The fourth-order valence-corrected chi connectivity index (χ4v) is 9.38. The molecule has 8 amide bonds. The van der Waals surface area contributed by atoms with Gasteiger partial charge < -0.3 is 86.5 Å². The van der Waals surface area contributed by atoms with Crippen LogP contribution in [0.3, 0.4) is 0 Å². The van der Waals surface area contributed by atoms with Crippen molar-refractivity contribution in [2.75, 3.05) is 39.3 Å². The third kappa shape index (κ3) is 27.4. The lowest BCUT2D eigenvalue weighted by Crippen LogP contribution is -2.61. The Labute approximate surface area is 476 Å². The van der Waals surface area contributed by atoms with E-state index in [1.54, 1.807) is 13.8 Å². The van der Waals surface area contributed by atoms with E-state index in [1.807, 2.05) is 0 Å².